The Kier molecular flexibility index (Phi) is 7.58. The lowest BCUT2D eigenvalue weighted by atomic mass is 9.79. The van der Waals surface area contributed by atoms with Crippen LogP contribution in [0.3, 0.4) is 0 Å². The van der Waals surface area contributed by atoms with E-state index in [9.17, 15) is 18.0 Å². The van der Waals surface area contributed by atoms with Crippen molar-refractivity contribution in [2.24, 2.45) is 22.7 Å². The average molecular weight is 376 g/mol. The molecule has 2 rings (SSSR count). The fourth-order valence-corrected chi connectivity index (χ4v) is 4.15. The molecule has 2 N–H and O–H groups in total. The Hall–Kier alpha value is -1.47. The van der Waals surface area contributed by atoms with Crippen molar-refractivity contribution in [2.75, 3.05) is 33.7 Å². The van der Waals surface area contributed by atoms with E-state index >= 15 is 0 Å². The number of halogens is 3. The number of hydrogen-bond donors (Lipinski definition) is 2. The summed E-state index contributed by atoms with van der Waals surface area (Å²) in [7, 11) is 3.31. The summed E-state index contributed by atoms with van der Waals surface area (Å²) in [6, 6.07) is 0. The first-order chi connectivity index (χ1) is 12.3. The Labute approximate surface area is 153 Å². The van der Waals surface area contributed by atoms with Crippen molar-refractivity contribution >= 4 is 11.9 Å². The maximum atomic E-state index is 13.2. The third-order valence-electron chi connectivity index (χ3n) is 5.73. The van der Waals surface area contributed by atoms with Crippen LogP contribution in [-0.2, 0) is 4.79 Å². The predicted molar refractivity (Wildman–Crippen MR) is 95.8 cm³/mol. The van der Waals surface area contributed by atoms with E-state index in [1.54, 1.807) is 14.1 Å². The van der Waals surface area contributed by atoms with E-state index in [2.05, 4.69) is 20.5 Å². The van der Waals surface area contributed by atoms with Crippen LogP contribution < -0.4 is 10.6 Å². The molecule has 1 saturated heterocycles. The lowest BCUT2D eigenvalue weighted by molar-refractivity contribution is -0.195. The maximum Gasteiger partial charge on any atom is 0.392 e. The van der Waals surface area contributed by atoms with E-state index < -0.39 is 12.1 Å². The van der Waals surface area contributed by atoms with E-state index in [1.165, 1.54) is 0 Å². The van der Waals surface area contributed by atoms with Gasteiger partial charge in [0.1, 0.15) is 0 Å². The number of guanidine groups is 1. The first kappa shape index (κ1) is 20.8. The van der Waals surface area contributed by atoms with Gasteiger partial charge in [0.05, 0.1) is 5.92 Å². The fraction of sp³-hybridized carbons (Fsp3) is 0.889. The zero-order valence-electron chi connectivity index (χ0n) is 15.7. The number of alkyl halides is 3. The molecule has 8 heteroatoms. The average Bonchev–Trinajstić information content (AvgIpc) is 2.63. The third-order valence-corrected chi connectivity index (χ3v) is 5.73. The van der Waals surface area contributed by atoms with Gasteiger partial charge in [-0.3, -0.25) is 9.79 Å². The molecule has 0 radical (unpaired) electrons. The number of likely N-dealkylation sites (tertiary alicyclic amines) is 1. The summed E-state index contributed by atoms with van der Waals surface area (Å²) in [5.74, 6) is -0.500. The molecule has 26 heavy (non-hydrogen) atoms. The van der Waals surface area contributed by atoms with Gasteiger partial charge in [-0.1, -0.05) is 12.8 Å². The van der Waals surface area contributed by atoms with Crippen LogP contribution in [-0.4, -0.2) is 56.7 Å². The van der Waals surface area contributed by atoms with Crippen LogP contribution in [0.25, 0.3) is 0 Å². The van der Waals surface area contributed by atoms with Crippen LogP contribution in [0, 0.1) is 17.8 Å². The molecule has 1 aliphatic carbocycles. The zero-order valence-corrected chi connectivity index (χ0v) is 15.7. The maximum absolute atomic E-state index is 13.2. The van der Waals surface area contributed by atoms with Gasteiger partial charge in [-0.25, -0.2) is 0 Å². The molecular formula is C18H31F3N4O. The smallest absolute Gasteiger partial charge is 0.359 e. The highest BCUT2D eigenvalue weighted by Crippen LogP contribution is 2.41. The normalized spacial score (nSPS) is 25.9. The Bertz CT molecular complexity index is 487. The van der Waals surface area contributed by atoms with Gasteiger partial charge in [0.2, 0.25) is 5.91 Å². The topological polar surface area (TPSA) is 56.7 Å². The largest absolute Gasteiger partial charge is 0.392 e. The molecule has 0 bridgehead atoms. The van der Waals surface area contributed by atoms with E-state index in [1.807, 2.05) is 0 Å². The minimum Gasteiger partial charge on any atom is -0.359 e. The van der Waals surface area contributed by atoms with Crippen LogP contribution in [0.4, 0.5) is 13.2 Å². The summed E-state index contributed by atoms with van der Waals surface area (Å²) >= 11 is 0. The number of piperidine rings is 1. The van der Waals surface area contributed by atoms with Gasteiger partial charge in [-0.05, 0) is 37.5 Å². The number of aliphatic imine (C=N–C) groups is 1. The molecule has 1 heterocycles. The highest BCUT2D eigenvalue weighted by Gasteiger charge is 2.45. The Morgan fingerprint density at radius 2 is 1.81 bits per heavy atom. The van der Waals surface area contributed by atoms with Gasteiger partial charge in [0.15, 0.2) is 5.96 Å². The Morgan fingerprint density at radius 1 is 1.15 bits per heavy atom. The summed E-state index contributed by atoms with van der Waals surface area (Å²) in [6.45, 7) is 1.86. The highest BCUT2D eigenvalue weighted by atomic mass is 19.4. The molecule has 1 amide bonds. The first-order valence-electron chi connectivity index (χ1n) is 9.58. The molecule has 2 fully saturated rings. The number of nitrogens with zero attached hydrogens (tertiary/aromatic N) is 2. The van der Waals surface area contributed by atoms with Crippen LogP contribution in [0.2, 0.25) is 0 Å². The second kappa shape index (κ2) is 9.46. The van der Waals surface area contributed by atoms with Crippen molar-refractivity contribution in [3.05, 3.63) is 0 Å². The number of carbonyl (C=O) groups excluding carboxylic acids is 1. The molecule has 0 aromatic rings. The summed E-state index contributed by atoms with van der Waals surface area (Å²) in [4.78, 5) is 17.8. The van der Waals surface area contributed by atoms with E-state index in [0.717, 1.165) is 32.4 Å². The van der Waals surface area contributed by atoms with Gasteiger partial charge >= 0.3 is 6.18 Å². The SMILES string of the molecule is CN=C(NCC1CCCCC1C(F)(F)F)N1CCC(CC(=O)NC)CC1. The van der Waals surface area contributed by atoms with E-state index in [-0.39, 0.29) is 18.2 Å². The van der Waals surface area contributed by atoms with Crippen LogP contribution >= 0.6 is 0 Å². The molecule has 0 spiro atoms. The van der Waals surface area contributed by atoms with Crippen molar-refractivity contribution in [3.8, 4) is 0 Å². The van der Waals surface area contributed by atoms with Gasteiger partial charge in [0, 0.05) is 40.2 Å². The molecule has 150 valence electrons. The van der Waals surface area contributed by atoms with Crippen molar-refractivity contribution in [2.45, 2.75) is 51.1 Å². The third kappa shape index (κ3) is 5.77. The molecule has 1 saturated carbocycles. The van der Waals surface area contributed by atoms with Crippen molar-refractivity contribution in [3.63, 3.8) is 0 Å². The quantitative estimate of drug-likeness (QED) is 0.586. The van der Waals surface area contributed by atoms with Crippen LogP contribution in [0.5, 0.6) is 0 Å². The number of amides is 1. The van der Waals surface area contributed by atoms with Crippen molar-refractivity contribution in [1.29, 1.82) is 0 Å². The molecule has 2 aliphatic rings. The molecule has 0 aromatic carbocycles. The van der Waals surface area contributed by atoms with Crippen molar-refractivity contribution in [1.82, 2.24) is 15.5 Å². The van der Waals surface area contributed by atoms with E-state index in [4.69, 9.17) is 0 Å². The van der Waals surface area contributed by atoms with Crippen LogP contribution in [0.1, 0.15) is 44.9 Å². The summed E-state index contributed by atoms with van der Waals surface area (Å²) in [5.41, 5.74) is 0. The highest BCUT2D eigenvalue weighted by molar-refractivity contribution is 5.80. The number of carbonyl (C=O) groups is 1. The minimum absolute atomic E-state index is 0.0569. The molecule has 1 aliphatic heterocycles. The van der Waals surface area contributed by atoms with Crippen LogP contribution in [0.15, 0.2) is 4.99 Å². The van der Waals surface area contributed by atoms with Gasteiger partial charge in [-0.2, -0.15) is 13.2 Å². The molecule has 5 nitrogen and oxygen atoms in total. The standard InChI is InChI=1S/C18H31F3N4O/c1-22-16(26)11-13-7-9-25(10-8-13)17(23-2)24-12-14-5-3-4-6-15(14)18(19,20)21/h13-15H,3-12H2,1-2H3,(H,22,26)(H,23,24). The summed E-state index contributed by atoms with van der Waals surface area (Å²) < 4.78 is 39.7. The second-order valence-electron chi connectivity index (χ2n) is 7.43. The van der Waals surface area contributed by atoms with E-state index in [0.29, 0.717) is 37.7 Å². The van der Waals surface area contributed by atoms with Gasteiger partial charge in [0.25, 0.3) is 0 Å². The zero-order chi connectivity index (χ0) is 19.2. The Morgan fingerprint density at radius 3 is 2.38 bits per heavy atom. The van der Waals surface area contributed by atoms with Gasteiger partial charge < -0.3 is 15.5 Å². The van der Waals surface area contributed by atoms with Gasteiger partial charge in [-0.15, -0.1) is 0 Å². The molecule has 0 aromatic heterocycles. The predicted octanol–water partition coefficient (Wildman–Crippen LogP) is 2.78. The minimum atomic E-state index is -4.12. The fourth-order valence-electron chi connectivity index (χ4n) is 4.15. The molecular weight excluding hydrogens is 345 g/mol. The summed E-state index contributed by atoms with van der Waals surface area (Å²) in [6.07, 6.45) is 0.573. The Balaban J connectivity index is 1.83. The molecule has 2 atom stereocenters. The number of hydrogen-bond acceptors (Lipinski definition) is 2. The monoisotopic (exact) mass is 376 g/mol. The lowest BCUT2D eigenvalue weighted by Gasteiger charge is -2.36. The first-order valence-corrected chi connectivity index (χ1v) is 9.58. The van der Waals surface area contributed by atoms with Crippen molar-refractivity contribution < 1.29 is 18.0 Å². The second-order valence-corrected chi connectivity index (χ2v) is 7.43. The lowest BCUT2D eigenvalue weighted by Crippen LogP contribution is -2.48. The molecule has 2 unspecified atom stereocenters. The number of rotatable bonds is 4. The number of nitrogens with one attached hydrogen (secondary N) is 2. The summed E-state index contributed by atoms with van der Waals surface area (Å²) in [5, 5.41) is 5.82.